The molecule has 2 heterocycles. The van der Waals surface area contributed by atoms with Gasteiger partial charge in [-0.05, 0) is 60.3 Å². The number of amides is 1. The van der Waals surface area contributed by atoms with Crippen LogP contribution in [0.3, 0.4) is 0 Å². The SMILES string of the molecule is CCC(CC1C2CN(CCc3ccc4c(c3)OCO4)CC21)(C(N)=O)c1ccccc1. The minimum absolute atomic E-state index is 0.180. The van der Waals surface area contributed by atoms with Crippen LogP contribution in [0.25, 0.3) is 0 Å². The summed E-state index contributed by atoms with van der Waals surface area (Å²) in [5.41, 5.74) is 7.78. The van der Waals surface area contributed by atoms with E-state index in [0.717, 1.165) is 56.0 Å². The molecular weight excluding hydrogens is 376 g/mol. The fourth-order valence-electron chi connectivity index (χ4n) is 5.65. The molecule has 5 nitrogen and oxygen atoms in total. The number of likely N-dealkylation sites (tertiary alicyclic amines) is 1. The van der Waals surface area contributed by atoms with Crippen molar-refractivity contribution in [3.05, 3.63) is 59.7 Å². The molecule has 2 aromatic carbocycles. The molecule has 30 heavy (non-hydrogen) atoms. The predicted octanol–water partition coefficient (Wildman–Crippen LogP) is 3.36. The number of nitrogens with zero attached hydrogens (tertiary/aromatic N) is 1. The number of carbonyl (C=O) groups is 1. The van der Waals surface area contributed by atoms with Crippen molar-refractivity contribution in [2.75, 3.05) is 26.4 Å². The fraction of sp³-hybridized carbons (Fsp3) is 0.480. The second-order valence-corrected chi connectivity index (χ2v) is 9.06. The van der Waals surface area contributed by atoms with Crippen molar-refractivity contribution in [1.29, 1.82) is 0 Å². The van der Waals surface area contributed by atoms with Crippen molar-refractivity contribution in [3.8, 4) is 11.5 Å². The van der Waals surface area contributed by atoms with Crippen LogP contribution in [-0.2, 0) is 16.6 Å². The molecule has 5 rings (SSSR count). The number of nitrogens with two attached hydrogens (primary N) is 1. The number of primary amides is 1. The summed E-state index contributed by atoms with van der Waals surface area (Å²) < 4.78 is 10.9. The molecule has 2 aliphatic heterocycles. The third-order valence-electron chi connectivity index (χ3n) is 7.59. The third kappa shape index (κ3) is 3.35. The topological polar surface area (TPSA) is 64.8 Å². The standard InChI is InChI=1S/C25H30N2O3/c1-2-25(24(26)28,18-6-4-3-5-7-18)13-19-20-14-27(15-21(19)20)11-10-17-8-9-22-23(12-17)30-16-29-22/h3-9,12,19-21H,2,10-11,13-16H2,1H3,(H2,26,28). The summed E-state index contributed by atoms with van der Waals surface area (Å²) in [6.45, 7) is 5.74. The van der Waals surface area contributed by atoms with Crippen molar-refractivity contribution < 1.29 is 14.3 Å². The van der Waals surface area contributed by atoms with Crippen molar-refractivity contribution in [2.24, 2.45) is 23.5 Å². The molecule has 2 aromatic rings. The van der Waals surface area contributed by atoms with Gasteiger partial charge in [-0.25, -0.2) is 0 Å². The highest BCUT2D eigenvalue weighted by Gasteiger charge is 2.58. The van der Waals surface area contributed by atoms with Crippen molar-refractivity contribution in [1.82, 2.24) is 4.90 Å². The molecule has 3 atom stereocenters. The van der Waals surface area contributed by atoms with Crippen molar-refractivity contribution in [2.45, 2.75) is 31.6 Å². The average Bonchev–Trinajstić information content (AvgIpc) is 3.13. The van der Waals surface area contributed by atoms with E-state index in [1.54, 1.807) is 0 Å². The van der Waals surface area contributed by atoms with E-state index in [2.05, 4.69) is 36.1 Å². The summed E-state index contributed by atoms with van der Waals surface area (Å²) in [5.74, 6) is 3.54. The first kappa shape index (κ1) is 19.4. The lowest BCUT2D eigenvalue weighted by Gasteiger charge is -2.31. The van der Waals surface area contributed by atoms with Crippen molar-refractivity contribution in [3.63, 3.8) is 0 Å². The highest BCUT2D eigenvalue weighted by molar-refractivity contribution is 5.86. The zero-order valence-electron chi connectivity index (χ0n) is 17.5. The van der Waals surface area contributed by atoms with E-state index in [4.69, 9.17) is 15.2 Å². The van der Waals surface area contributed by atoms with Gasteiger partial charge in [0.2, 0.25) is 12.7 Å². The third-order valence-corrected chi connectivity index (χ3v) is 7.59. The van der Waals surface area contributed by atoms with Gasteiger partial charge in [0.15, 0.2) is 11.5 Å². The van der Waals surface area contributed by atoms with Gasteiger partial charge in [0.1, 0.15) is 0 Å². The number of hydrogen-bond donors (Lipinski definition) is 1. The molecule has 2 fully saturated rings. The molecule has 1 amide bonds. The van der Waals surface area contributed by atoms with Crippen LogP contribution < -0.4 is 15.2 Å². The summed E-state index contributed by atoms with van der Waals surface area (Å²) in [5, 5.41) is 0. The van der Waals surface area contributed by atoms with Gasteiger partial charge in [0.25, 0.3) is 0 Å². The first-order valence-electron chi connectivity index (χ1n) is 11.1. The lowest BCUT2D eigenvalue weighted by Crippen LogP contribution is -2.42. The Kier molecular flexibility index (Phi) is 4.94. The smallest absolute Gasteiger partial charge is 0.231 e. The second kappa shape index (κ2) is 7.62. The molecule has 0 aromatic heterocycles. The molecule has 158 valence electrons. The molecule has 2 N–H and O–H groups in total. The van der Waals surface area contributed by atoms with Crippen LogP contribution in [0, 0.1) is 17.8 Å². The molecule has 1 aliphatic carbocycles. The van der Waals surface area contributed by atoms with E-state index in [1.807, 2.05) is 24.3 Å². The summed E-state index contributed by atoms with van der Waals surface area (Å²) in [7, 11) is 0. The first-order valence-corrected chi connectivity index (χ1v) is 11.1. The molecule has 1 saturated heterocycles. The monoisotopic (exact) mass is 406 g/mol. The van der Waals surface area contributed by atoms with E-state index in [9.17, 15) is 4.79 Å². The number of ether oxygens (including phenoxy) is 2. The minimum Gasteiger partial charge on any atom is -0.454 e. The Morgan fingerprint density at radius 1 is 1.10 bits per heavy atom. The Bertz CT molecular complexity index is 919. The number of rotatable bonds is 8. The molecule has 3 aliphatic rings. The maximum atomic E-state index is 12.5. The number of piperidine rings is 1. The lowest BCUT2D eigenvalue weighted by molar-refractivity contribution is -0.124. The maximum Gasteiger partial charge on any atom is 0.231 e. The molecule has 0 spiro atoms. The van der Waals surface area contributed by atoms with Gasteiger partial charge in [-0.15, -0.1) is 0 Å². The highest BCUT2D eigenvalue weighted by atomic mass is 16.7. The zero-order chi connectivity index (χ0) is 20.7. The van der Waals surface area contributed by atoms with E-state index < -0.39 is 5.41 Å². The maximum absolute atomic E-state index is 12.5. The van der Waals surface area contributed by atoms with Crippen LogP contribution >= 0.6 is 0 Å². The average molecular weight is 407 g/mol. The largest absolute Gasteiger partial charge is 0.454 e. The Morgan fingerprint density at radius 3 is 2.53 bits per heavy atom. The summed E-state index contributed by atoms with van der Waals surface area (Å²) in [4.78, 5) is 15.1. The van der Waals surface area contributed by atoms with Gasteiger partial charge in [-0.1, -0.05) is 43.3 Å². The molecule has 5 heteroatoms. The summed E-state index contributed by atoms with van der Waals surface area (Å²) >= 11 is 0. The first-order chi connectivity index (χ1) is 14.6. The molecule has 1 saturated carbocycles. The van der Waals surface area contributed by atoms with E-state index in [1.165, 1.54) is 5.56 Å². The summed E-state index contributed by atoms with van der Waals surface area (Å²) in [6, 6.07) is 16.4. The quantitative estimate of drug-likeness (QED) is 0.730. The highest BCUT2D eigenvalue weighted by Crippen LogP contribution is 2.57. The van der Waals surface area contributed by atoms with Crippen LogP contribution in [0.4, 0.5) is 0 Å². The fourth-order valence-corrected chi connectivity index (χ4v) is 5.65. The second-order valence-electron chi connectivity index (χ2n) is 9.06. The molecular formula is C25H30N2O3. The van der Waals surface area contributed by atoms with Crippen LogP contribution in [0.15, 0.2) is 48.5 Å². The van der Waals surface area contributed by atoms with E-state index in [-0.39, 0.29) is 5.91 Å². The summed E-state index contributed by atoms with van der Waals surface area (Å²) in [6.07, 6.45) is 2.66. The van der Waals surface area contributed by atoms with Gasteiger partial charge in [-0.2, -0.15) is 0 Å². The van der Waals surface area contributed by atoms with Crippen molar-refractivity contribution >= 4 is 5.91 Å². The Morgan fingerprint density at radius 2 is 1.83 bits per heavy atom. The molecule has 0 radical (unpaired) electrons. The van der Waals surface area contributed by atoms with Gasteiger partial charge in [0.05, 0.1) is 5.41 Å². The van der Waals surface area contributed by atoms with Crippen LogP contribution in [-0.4, -0.2) is 37.2 Å². The van der Waals surface area contributed by atoms with E-state index in [0.29, 0.717) is 24.5 Å². The Hall–Kier alpha value is -2.53. The van der Waals surface area contributed by atoms with E-state index >= 15 is 0 Å². The Balaban J connectivity index is 1.18. The van der Waals surface area contributed by atoms with Gasteiger partial charge >= 0.3 is 0 Å². The van der Waals surface area contributed by atoms with Gasteiger partial charge in [0, 0.05) is 19.6 Å². The number of benzene rings is 2. The van der Waals surface area contributed by atoms with Crippen LogP contribution in [0.1, 0.15) is 30.9 Å². The van der Waals surface area contributed by atoms with Crippen LogP contribution in [0.5, 0.6) is 11.5 Å². The number of carbonyl (C=O) groups excluding carboxylic acids is 1. The van der Waals surface area contributed by atoms with Gasteiger partial charge < -0.3 is 20.1 Å². The Labute approximate surface area is 178 Å². The normalized spacial score (nSPS) is 26.2. The lowest BCUT2D eigenvalue weighted by atomic mass is 9.73. The van der Waals surface area contributed by atoms with Crippen LogP contribution in [0.2, 0.25) is 0 Å². The zero-order valence-corrected chi connectivity index (χ0v) is 17.5. The number of hydrogen-bond acceptors (Lipinski definition) is 4. The predicted molar refractivity (Wildman–Crippen MR) is 115 cm³/mol. The number of fused-ring (bicyclic) bond motifs is 2. The molecule has 0 bridgehead atoms. The minimum atomic E-state index is -0.534. The molecule has 3 unspecified atom stereocenters. The van der Waals surface area contributed by atoms with Gasteiger partial charge in [-0.3, -0.25) is 4.79 Å².